The van der Waals surface area contributed by atoms with Gasteiger partial charge in [0.15, 0.2) is 0 Å². The van der Waals surface area contributed by atoms with E-state index in [0.717, 1.165) is 18.7 Å². The Bertz CT molecular complexity index is 266. The lowest BCUT2D eigenvalue weighted by atomic mass is 9.90. The molecule has 0 saturated heterocycles. The number of hydrogen-bond acceptors (Lipinski definition) is 1. The van der Waals surface area contributed by atoms with Crippen LogP contribution in [0.1, 0.15) is 32.9 Å². The molecular weight excluding hydrogens is 184 g/mol. The average Bonchev–Trinajstić information content (AvgIpc) is 2.51. The Morgan fingerprint density at radius 3 is 2.77 bits per heavy atom. The second kappa shape index (κ2) is 4.14. The van der Waals surface area contributed by atoms with Gasteiger partial charge < -0.3 is 4.57 Å². The van der Waals surface area contributed by atoms with Crippen molar-refractivity contribution in [3.05, 3.63) is 18.2 Å². The first-order valence-electron chi connectivity index (χ1n) is 4.64. The van der Waals surface area contributed by atoms with E-state index in [4.69, 9.17) is 11.6 Å². The van der Waals surface area contributed by atoms with Crippen LogP contribution >= 0.6 is 11.6 Å². The zero-order valence-electron chi connectivity index (χ0n) is 8.55. The minimum absolute atomic E-state index is 0.321. The van der Waals surface area contributed by atoms with Gasteiger partial charge in [-0.25, -0.2) is 4.98 Å². The Morgan fingerprint density at radius 1 is 1.54 bits per heavy atom. The summed E-state index contributed by atoms with van der Waals surface area (Å²) in [7, 11) is 0. The van der Waals surface area contributed by atoms with Gasteiger partial charge in [-0.3, -0.25) is 0 Å². The van der Waals surface area contributed by atoms with E-state index in [1.54, 1.807) is 0 Å². The van der Waals surface area contributed by atoms with Crippen LogP contribution in [0.2, 0.25) is 0 Å². The molecule has 3 heteroatoms. The number of imidazole rings is 1. The minimum Gasteiger partial charge on any atom is -0.333 e. The van der Waals surface area contributed by atoms with Crippen LogP contribution < -0.4 is 0 Å². The molecule has 0 N–H and O–H groups in total. The van der Waals surface area contributed by atoms with Gasteiger partial charge in [-0.1, -0.05) is 20.8 Å². The third-order valence-electron chi connectivity index (χ3n) is 2.49. The van der Waals surface area contributed by atoms with Crippen molar-refractivity contribution in [2.24, 2.45) is 5.41 Å². The van der Waals surface area contributed by atoms with Gasteiger partial charge in [-0.15, -0.1) is 11.6 Å². The smallest absolute Gasteiger partial charge is 0.0948 e. The molecule has 2 nitrogen and oxygen atoms in total. The molecule has 0 aliphatic rings. The van der Waals surface area contributed by atoms with E-state index in [9.17, 15) is 0 Å². The van der Waals surface area contributed by atoms with Crippen molar-refractivity contribution >= 4 is 11.6 Å². The third-order valence-corrected chi connectivity index (χ3v) is 2.76. The lowest BCUT2D eigenvalue weighted by molar-refractivity contribution is 0.292. The molecule has 0 radical (unpaired) electrons. The number of hydrogen-bond donors (Lipinski definition) is 0. The molecule has 1 heterocycles. The van der Waals surface area contributed by atoms with Gasteiger partial charge in [-0.2, -0.15) is 0 Å². The second-order valence-corrected chi connectivity index (χ2v) is 4.43. The van der Waals surface area contributed by atoms with Crippen molar-refractivity contribution in [2.45, 2.75) is 39.6 Å². The summed E-state index contributed by atoms with van der Waals surface area (Å²) in [6.07, 6.45) is 4.85. The zero-order valence-corrected chi connectivity index (χ0v) is 9.30. The molecule has 0 unspecified atom stereocenters. The first-order chi connectivity index (χ1) is 6.09. The molecule has 1 aromatic rings. The standard InChI is InChI=1S/C10H17ClN2/c1-4-10(2,3)7-13-8-12-6-9(13)5-11/h6,8H,4-5,7H2,1-3H3. The molecule has 0 fully saturated rings. The third kappa shape index (κ3) is 2.73. The quantitative estimate of drug-likeness (QED) is 0.684. The summed E-state index contributed by atoms with van der Waals surface area (Å²) in [5.41, 5.74) is 1.42. The van der Waals surface area contributed by atoms with E-state index in [1.165, 1.54) is 0 Å². The molecule has 13 heavy (non-hydrogen) atoms. The Balaban J connectivity index is 2.73. The number of nitrogens with zero attached hydrogens (tertiary/aromatic N) is 2. The van der Waals surface area contributed by atoms with Crippen LogP contribution in [0.25, 0.3) is 0 Å². The fourth-order valence-corrected chi connectivity index (χ4v) is 1.40. The first-order valence-corrected chi connectivity index (χ1v) is 5.17. The molecule has 0 saturated carbocycles. The molecule has 0 spiro atoms. The molecule has 0 atom stereocenters. The van der Waals surface area contributed by atoms with E-state index in [0.29, 0.717) is 11.3 Å². The molecule has 0 aromatic carbocycles. The largest absolute Gasteiger partial charge is 0.333 e. The maximum absolute atomic E-state index is 5.78. The summed E-state index contributed by atoms with van der Waals surface area (Å²) < 4.78 is 2.14. The number of alkyl halides is 1. The lowest BCUT2D eigenvalue weighted by Gasteiger charge is -2.23. The van der Waals surface area contributed by atoms with E-state index in [2.05, 4.69) is 30.3 Å². The van der Waals surface area contributed by atoms with E-state index < -0.39 is 0 Å². The number of halogens is 1. The van der Waals surface area contributed by atoms with Crippen LogP contribution in [0, 0.1) is 5.41 Å². The van der Waals surface area contributed by atoms with E-state index in [-0.39, 0.29) is 0 Å². The van der Waals surface area contributed by atoms with Crippen LogP contribution in [0.15, 0.2) is 12.5 Å². The predicted molar refractivity (Wildman–Crippen MR) is 55.9 cm³/mol. The van der Waals surface area contributed by atoms with Gasteiger partial charge in [-0.05, 0) is 11.8 Å². The van der Waals surface area contributed by atoms with Crippen LogP contribution in [-0.4, -0.2) is 9.55 Å². The van der Waals surface area contributed by atoms with Crippen molar-refractivity contribution in [1.82, 2.24) is 9.55 Å². The van der Waals surface area contributed by atoms with Gasteiger partial charge >= 0.3 is 0 Å². The lowest BCUT2D eigenvalue weighted by Crippen LogP contribution is -2.19. The fourth-order valence-electron chi connectivity index (χ4n) is 1.17. The Kier molecular flexibility index (Phi) is 3.37. The van der Waals surface area contributed by atoms with Crippen LogP contribution in [0.3, 0.4) is 0 Å². The molecular formula is C10H17ClN2. The van der Waals surface area contributed by atoms with Gasteiger partial charge in [0.25, 0.3) is 0 Å². The topological polar surface area (TPSA) is 17.8 Å². The highest BCUT2D eigenvalue weighted by Crippen LogP contribution is 2.23. The van der Waals surface area contributed by atoms with Crippen molar-refractivity contribution < 1.29 is 0 Å². The molecule has 0 amide bonds. The fraction of sp³-hybridized carbons (Fsp3) is 0.700. The highest BCUT2D eigenvalue weighted by Gasteiger charge is 2.16. The minimum atomic E-state index is 0.321. The van der Waals surface area contributed by atoms with Crippen molar-refractivity contribution in [3.63, 3.8) is 0 Å². The van der Waals surface area contributed by atoms with Crippen molar-refractivity contribution in [3.8, 4) is 0 Å². The van der Waals surface area contributed by atoms with E-state index >= 15 is 0 Å². The molecule has 1 rings (SSSR count). The SMILES string of the molecule is CCC(C)(C)Cn1cncc1CCl. The Labute approximate surface area is 84.9 Å². The summed E-state index contributed by atoms with van der Waals surface area (Å²) in [6.45, 7) is 7.71. The van der Waals surface area contributed by atoms with Gasteiger partial charge in [0.1, 0.15) is 0 Å². The van der Waals surface area contributed by atoms with Crippen molar-refractivity contribution in [1.29, 1.82) is 0 Å². The maximum atomic E-state index is 5.78. The first kappa shape index (κ1) is 10.6. The predicted octanol–water partition coefficient (Wildman–Crippen LogP) is 3.06. The summed E-state index contributed by atoms with van der Waals surface area (Å²) in [5.74, 6) is 0.541. The second-order valence-electron chi connectivity index (χ2n) is 4.16. The molecule has 0 aliphatic carbocycles. The zero-order chi connectivity index (χ0) is 9.90. The number of rotatable bonds is 4. The Morgan fingerprint density at radius 2 is 2.23 bits per heavy atom. The maximum Gasteiger partial charge on any atom is 0.0948 e. The van der Waals surface area contributed by atoms with Gasteiger partial charge in [0.2, 0.25) is 0 Å². The number of aromatic nitrogens is 2. The van der Waals surface area contributed by atoms with Gasteiger partial charge in [0, 0.05) is 12.7 Å². The molecule has 1 aromatic heterocycles. The monoisotopic (exact) mass is 200 g/mol. The van der Waals surface area contributed by atoms with Crippen LogP contribution in [0.5, 0.6) is 0 Å². The van der Waals surface area contributed by atoms with E-state index in [1.807, 2.05) is 12.5 Å². The summed E-state index contributed by atoms with van der Waals surface area (Å²) in [5, 5.41) is 0. The molecule has 74 valence electrons. The van der Waals surface area contributed by atoms with Crippen LogP contribution in [-0.2, 0) is 12.4 Å². The Hall–Kier alpha value is -0.500. The average molecular weight is 201 g/mol. The highest BCUT2D eigenvalue weighted by molar-refractivity contribution is 6.16. The summed E-state index contributed by atoms with van der Waals surface area (Å²) in [6, 6.07) is 0. The molecule has 0 bridgehead atoms. The summed E-state index contributed by atoms with van der Waals surface area (Å²) in [4.78, 5) is 4.09. The normalized spacial score (nSPS) is 12.0. The van der Waals surface area contributed by atoms with Gasteiger partial charge in [0.05, 0.1) is 17.9 Å². The highest BCUT2D eigenvalue weighted by atomic mass is 35.5. The van der Waals surface area contributed by atoms with Crippen LogP contribution in [0.4, 0.5) is 0 Å². The molecule has 0 aliphatic heterocycles. The van der Waals surface area contributed by atoms with Crippen molar-refractivity contribution in [2.75, 3.05) is 0 Å². The summed E-state index contributed by atoms with van der Waals surface area (Å²) >= 11 is 5.78.